The highest BCUT2D eigenvalue weighted by Gasteiger charge is 2.30. The SMILES string of the molecule is CN1CCN(C)c2c(CC(C)(C)C(=O)O)cccc21. The number of hydrogen-bond acceptors (Lipinski definition) is 3. The predicted molar refractivity (Wildman–Crippen MR) is 78.1 cm³/mol. The van der Waals surface area contributed by atoms with Gasteiger partial charge in [-0.15, -0.1) is 0 Å². The van der Waals surface area contributed by atoms with Gasteiger partial charge < -0.3 is 14.9 Å². The second-order valence-corrected chi connectivity index (χ2v) is 5.99. The van der Waals surface area contributed by atoms with E-state index >= 15 is 0 Å². The van der Waals surface area contributed by atoms with Gasteiger partial charge in [-0.25, -0.2) is 0 Å². The maximum atomic E-state index is 11.3. The summed E-state index contributed by atoms with van der Waals surface area (Å²) < 4.78 is 0. The number of aliphatic carboxylic acids is 1. The van der Waals surface area contributed by atoms with Crippen LogP contribution in [0.15, 0.2) is 18.2 Å². The molecule has 2 rings (SSSR count). The molecule has 0 fully saturated rings. The lowest BCUT2D eigenvalue weighted by atomic mass is 9.84. The number of carboxylic acids is 1. The van der Waals surface area contributed by atoms with Crippen molar-refractivity contribution in [3.63, 3.8) is 0 Å². The Kier molecular flexibility index (Phi) is 3.43. The third-order valence-corrected chi connectivity index (χ3v) is 3.87. The van der Waals surface area contributed by atoms with Gasteiger partial charge >= 0.3 is 5.97 Å². The lowest BCUT2D eigenvalue weighted by Crippen LogP contribution is -2.38. The Bertz CT molecular complexity index is 497. The molecule has 0 atom stereocenters. The summed E-state index contributed by atoms with van der Waals surface area (Å²) in [4.78, 5) is 15.8. The summed E-state index contributed by atoms with van der Waals surface area (Å²) in [6.45, 7) is 5.52. The molecule has 0 aromatic heterocycles. The molecule has 0 saturated carbocycles. The highest BCUT2D eigenvalue weighted by atomic mass is 16.4. The Morgan fingerprint density at radius 2 is 1.89 bits per heavy atom. The second kappa shape index (κ2) is 4.76. The topological polar surface area (TPSA) is 43.8 Å². The number of benzene rings is 1. The monoisotopic (exact) mass is 262 g/mol. The van der Waals surface area contributed by atoms with E-state index in [4.69, 9.17) is 0 Å². The molecule has 0 radical (unpaired) electrons. The zero-order valence-electron chi connectivity index (χ0n) is 12.1. The number of carbonyl (C=O) groups is 1. The molecule has 0 spiro atoms. The van der Waals surface area contributed by atoms with Crippen molar-refractivity contribution in [3.05, 3.63) is 23.8 Å². The zero-order valence-corrected chi connectivity index (χ0v) is 12.1. The van der Waals surface area contributed by atoms with Crippen LogP contribution in [0.5, 0.6) is 0 Å². The molecule has 104 valence electrons. The second-order valence-electron chi connectivity index (χ2n) is 5.99. The highest BCUT2D eigenvalue weighted by molar-refractivity contribution is 5.79. The van der Waals surface area contributed by atoms with E-state index in [-0.39, 0.29) is 0 Å². The standard InChI is InChI=1S/C15H22N2O2/c1-15(2,14(18)19)10-11-6-5-7-12-13(11)17(4)9-8-16(12)3/h5-7H,8-10H2,1-4H3,(H,18,19). The van der Waals surface area contributed by atoms with Gasteiger partial charge in [-0.2, -0.15) is 0 Å². The van der Waals surface area contributed by atoms with E-state index < -0.39 is 11.4 Å². The van der Waals surface area contributed by atoms with Crippen LogP contribution in [0.2, 0.25) is 0 Å². The van der Waals surface area contributed by atoms with Gasteiger partial charge in [0.15, 0.2) is 0 Å². The van der Waals surface area contributed by atoms with Gasteiger partial charge in [0.2, 0.25) is 0 Å². The number of hydrogen-bond donors (Lipinski definition) is 1. The average molecular weight is 262 g/mol. The fourth-order valence-corrected chi connectivity index (χ4v) is 2.55. The first kappa shape index (κ1) is 13.7. The number of carboxylic acid groups (broad SMARTS) is 1. The molecule has 1 aromatic rings. The van der Waals surface area contributed by atoms with Gasteiger partial charge in [0, 0.05) is 27.2 Å². The lowest BCUT2D eigenvalue weighted by Gasteiger charge is -2.37. The molecule has 4 heteroatoms. The van der Waals surface area contributed by atoms with Crippen LogP contribution >= 0.6 is 0 Å². The van der Waals surface area contributed by atoms with Gasteiger partial charge in [-0.3, -0.25) is 4.79 Å². The third kappa shape index (κ3) is 2.53. The minimum absolute atomic E-state index is 0.545. The molecule has 1 aliphatic rings. The van der Waals surface area contributed by atoms with E-state index in [2.05, 4.69) is 30.0 Å². The molecule has 0 bridgehead atoms. The maximum Gasteiger partial charge on any atom is 0.309 e. The van der Waals surface area contributed by atoms with Gasteiger partial charge in [-0.05, 0) is 31.9 Å². The van der Waals surface area contributed by atoms with Crippen LogP contribution in [0, 0.1) is 5.41 Å². The molecule has 1 N–H and O–H groups in total. The van der Waals surface area contributed by atoms with E-state index in [1.807, 2.05) is 12.1 Å². The summed E-state index contributed by atoms with van der Waals surface area (Å²) in [6, 6.07) is 6.16. The van der Waals surface area contributed by atoms with Crippen molar-refractivity contribution in [2.45, 2.75) is 20.3 Å². The molecule has 0 unspecified atom stereocenters. The van der Waals surface area contributed by atoms with Crippen LogP contribution in [0.25, 0.3) is 0 Å². The first-order chi connectivity index (χ1) is 8.83. The molecule has 1 heterocycles. The van der Waals surface area contributed by atoms with Crippen molar-refractivity contribution < 1.29 is 9.90 Å². The van der Waals surface area contributed by atoms with E-state index in [0.717, 1.165) is 18.7 Å². The van der Waals surface area contributed by atoms with E-state index in [1.165, 1.54) is 11.4 Å². The van der Waals surface area contributed by atoms with Crippen LogP contribution in [0.1, 0.15) is 19.4 Å². The fraction of sp³-hybridized carbons (Fsp3) is 0.533. The number of nitrogens with zero attached hydrogens (tertiary/aromatic N) is 2. The van der Waals surface area contributed by atoms with E-state index in [9.17, 15) is 9.90 Å². The molecular weight excluding hydrogens is 240 g/mol. The van der Waals surface area contributed by atoms with E-state index in [0.29, 0.717) is 6.42 Å². The average Bonchev–Trinajstić information content (AvgIpc) is 2.33. The van der Waals surface area contributed by atoms with Crippen LogP contribution in [-0.2, 0) is 11.2 Å². The molecule has 4 nitrogen and oxygen atoms in total. The third-order valence-electron chi connectivity index (χ3n) is 3.87. The molecule has 0 aliphatic carbocycles. The molecule has 1 aliphatic heterocycles. The summed E-state index contributed by atoms with van der Waals surface area (Å²) in [6.07, 6.45) is 0.545. The van der Waals surface area contributed by atoms with Gasteiger partial charge in [-0.1, -0.05) is 12.1 Å². The number of fused-ring (bicyclic) bond motifs is 1. The van der Waals surface area contributed by atoms with Crippen LogP contribution in [0.4, 0.5) is 11.4 Å². The molecule has 1 aromatic carbocycles. The lowest BCUT2D eigenvalue weighted by molar-refractivity contribution is -0.146. The van der Waals surface area contributed by atoms with Crippen molar-refractivity contribution >= 4 is 17.3 Å². The summed E-state index contributed by atoms with van der Waals surface area (Å²) in [7, 11) is 4.15. The number of para-hydroxylation sites is 1. The van der Waals surface area contributed by atoms with Crippen molar-refractivity contribution in [1.82, 2.24) is 0 Å². The Hall–Kier alpha value is -1.71. The Morgan fingerprint density at radius 3 is 2.53 bits per heavy atom. The minimum atomic E-state index is -0.753. The van der Waals surface area contributed by atoms with Crippen molar-refractivity contribution in [1.29, 1.82) is 0 Å². The van der Waals surface area contributed by atoms with Crippen molar-refractivity contribution in [3.8, 4) is 0 Å². The van der Waals surface area contributed by atoms with Gasteiger partial charge in [0.25, 0.3) is 0 Å². The van der Waals surface area contributed by atoms with Crippen molar-refractivity contribution in [2.24, 2.45) is 5.41 Å². The largest absolute Gasteiger partial charge is 0.481 e. The maximum absolute atomic E-state index is 11.3. The molecule has 19 heavy (non-hydrogen) atoms. The molecule has 0 saturated heterocycles. The van der Waals surface area contributed by atoms with Gasteiger partial charge in [0.1, 0.15) is 0 Å². The quantitative estimate of drug-likeness (QED) is 0.907. The summed E-state index contributed by atoms with van der Waals surface area (Å²) in [5.41, 5.74) is 2.73. The predicted octanol–water partition coefficient (Wildman–Crippen LogP) is 2.23. The summed E-state index contributed by atoms with van der Waals surface area (Å²) in [5.74, 6) is -0.753. The Balaban J connectivity index is 2.43. The number of likely N-dealkylation sites (N-methyl/N-ethyl adjacent to an activating group) is 2. The normalized spacial score (nSPS) is 15.4. The first-order valence-corrected chi connectivity index (χ1v) is 6.60. The molecular formula is C15H22N2O2. The van der Waals surface area contributed by atoms with E-state index in [1.54, 1.807) is 13.8 Å². The number of anilines is 2. The number of rotatable bonds is 3. The van der Waals surface area contributed by atoms with Crippen LogP contribution in [0.3, 0.4) is 0 Å². The first-order valence-electron chi connectivity index (χ1n) is 6.60. The summed E-state index contributed by atoms with van der Waals surface area (Å²) in [5, 5.41) is 9.30. The zero-order chi connectivity index (χ0) is 14.2. The highest BCUT2D eigenvalue weighted by Crippen LogP contribution is 2.37. The Labute approximate surface area is 114 Å². The van der Waals surface area contributed by atoms with Crippen LogP contribution in [-0.4, -0.2) is 38.3 Å². The Morgan fingerprint density at radius 1 is 1.26 bits per heavy atom. The van der Waals surface area contributed by atoms with Crippen molar-refractivity contribution in [2.75, 3.05) is 37.0 Å². The molecule has 0 amide bonds. The van der Waals surface area contributed by atoms with Crippen LogP contribution < -0.4 is 9.80 Å². The fourth-order valence-electron chi connectivity index (χ4n) is 2.55. The van der Waals surface area contributed by atoms with Gasteiger partial charge in [0.05, 0.1) is 16.8 Å². The minimum Gasteiger partial charge on any atom is -0.481 e. The summed E-state index contributed by atoms with van der Waals surface area (Å²) >= 11 is 0. The smallest absolute Gasteiger partial charge is 0.309 e.